The van der Waals surface area contributed by atoms with E-state index in [1.807, 2.05) is 0 Å². The summed E-state index contributed by atoms with van der Waals surface area (Å²) in [5.74, 6) is -2.55. The van der Waals surface area contributed by atoms with Gasteiger partial charge in [0.05, 0.1) is 6.61 Å². The van der Waals surface area contributed by atoms with Gasteiger partial charge in [0.15, 0.2) is 5.60 Å². The number of ether oxygens (including phenoxy) is 3. The minimum Gasteiger partial charge on any atom is -0.481 e. The first kappa shape index (κ1) is 22.9. The molecule has 1 unspecified atom stereocenters. The SMILES string of the molecule is O=C(O)CC(=O)OC[C@H]1O[CH][C@@](O)(C2O[C@H](CO)[C@@H](O)[C@H](O)[C@H]2O)[C@@H](O)[C@@H]1O. The van der Waals surface area contributed by atoms with Gasteiger partial charge < -0.3 is 55.1 Å². The molecule has 0 saturated carbocycles. The van der Waals surface area contributed by atoms with E-state index in [0.29, 0.717) is 6.61 Å². The van der Waals surface area contributed by atoms with Gasteiger partial charge in [-0.05, 0) is 0 Å². The fourth-order valence-electron chi connectivity index (χ4n) is 3.03. The van der Waals surface area contributed by atoms with Crippen LogP contribution in [0.1, 0.15) is 6.42 Å². The van der Waals surface area contributed by atoms with Crippen molar-refractivity contribution in [2.45, 2.75) is 60.9 Å². The van der Waals surface area contributed by atoms with Crippen molar-refractivity contribution in [3.63, 3.8) is 0 Å². The zero-order valence-corrected chi connectivity index (χ0v) is 14.4. The summed E-state index contributed by atoms with van der Waals surface area (Å²) in [6.45, 7) is -0.822. The van der Waals surface area contributed by atoms with Crippen LogP contribution < -0.4 is 0 Å². The van der Waals surface area contributed by atoms with Crippen molar-refractivity contribution < 1.29 is 64.7 Å². The van der Waals surface area contributed by atoms with Crippen molar-refractivity contribution in [1.82, 2.24) is 0 Å². The van der Waals surface area contributed by atoms with E-state index < -0.39 is 86.0 Å². The normalized spacial score (nSPS) is 44.1. The van der Waals surface area contributed by atoms with Crippen molar-refractivity contribution in [2.24, 2.45) is 0 Å². The van der Waals surface area contributed by atoms with Crippen LogP contribution in [0.25, 0.3) is 0 Å². The standard InChI is InChI=1S/C15H23O13/c16-2-5-9(20)11(22)12(23)14(28-5)15(25)4-27-6(10(21)13(15)24)3-26-8(19)1-7(17)18/h4-6,9-14,16,20-25H,1-3H2,(H,17,18)/t5-,6-,9-,10-,11+,12-,13+,14?,15+/m1/s1. The quantitative estimate of drug-likeness (QED) is 0.151. The van der Waals surface area contributed by atoms with E-state index in [1.165, 1.54) is 0 Å². The van der Waals surface area contributed by atoms with Crippen molar-refractivity contribution >= 4 is 11.9 Å². The molecule has 0 aliphatic carbocycles. The molecule has 28 heavy (non-hydrogen) atoms. The zero-order chi connectivity index (χ0) is 21.2. The number of aliphatic hydroxyl groups excluding tert-OH is 6. The van der Waals surface area contributed by atoms with Crippen LogP contribution in [0.3, 0.4) is 0 Å². The van der Waals surface area contributed by atoms with Crippen LogP contribution in [0, 0.1) is 6.61 Å². The van der Waals surface area contributed by atoms with Crippen molar-refractivity contribution in [3.05, 3.63) is 6.61 Å². The lowest BCUT2D eigenvalue weighted by atomic mass is 9.78. The van der Waals surface area contributed by atoms with E-state index in [2.05, 4.69) is 4.74 Å². The van der Waals surface area contributed by atoms with Gasteiger partial charge in [0.25, 0.3) is 0 Å². The Morgan fingerprint density at radius 2 is 1.64 bits per heavy atom. The largest absolute Gasteiger partial charge is 0.481 e. The first-order valence-corrected chi connectivity index (χ1v) is 8.29. The van der Waals surface area contributed by atoms with E-state index in [-0.39, 0.29) is 0 Å². The molecule has 13 heteroatoms. The Bertz CT molecular complexity index is 568. The second kappa shape index (κ2) is 8.94. The Labute approximate surface area is 158 Å². The summed E-state index contributed by atoms with van der Waals surface area (Å²) in [7, 11) is 0. The lowest BCUT2D eigenvalue weighted by Crippen LogP contribution is -2.72. The van der Waals surface area contributed by atoms with E-state index in [0.717, 1.165) is 0 Å². The number of aliphatic carboxylic acids is 1. The second-order valence-electron chi connectivity index (χ2n) is 6.62. The summed E-state index contributed by atoms with van der Waals surface area (Å²) in [5, 5.41) is 78.6. The van der Waals surface area contributed by atoms with Crippen LogP contribution >= 0.6 is 0 Å². The number of aliphatic hydroxyl groups is 7. The summed E-state index contributed by atoms with van der Waals surface area (Å²) in [5.41, 5.74) is -2.57. The molecule has 161 valence electrons. The molecule has 13 nitrogen and oxygen atoms in total. The highest BCUT2D eigenvalue weighted by Crippen LogP contribution is 2.37. The number of hydrogen-bond donors (Lipinski definition) is 8. The maximum absolute atomic E-state index is 11.2. The molecule has 0 bridgehead atoms. The van der Waals surface area contributed by atoms with Crippen LogP contribution in [0.2, 0.25) is 0 Å². The molecular weight excluding hydrogens is 388 g/mol. The third kappa shape index (κ3) is 4.42. The highest BCUT2D eigenvalue weighted by molar-refractivity contribution is 5.90. The van der Waals surface area contributed by atoms with Gasteiger partial charge in [0.2, 0.25) is 0 Å². The van der Waals surface area contributed by atoms with Crippen LogP contribution in [0.15, 0.2) is 0 Å². The average Bonchev–Trinajstić information content (AvgIpc) is 2.63. The molecule has 0 amide bonds. The Hall–Kier alpha value is -1.42. The number of carboxylic acids is 1. The summed E-state index contributed by atoms with van der Waals surface area (Å²) in [4.78, 5) is 21.7. The first-order valence-electron chi connectivity index (χ1n) is 8.29. The highest BCUT2D eigenvalue weighted by Gasteiger charge is 2.60. The lowest BCUT2D eigenvalue weighted by Gasteiger charge is -2.51. The Kier molecular flexibility index (Phi) is 7.30. The topological polar surface area (TPSA) is 224 Å². The Morgan fingerprint density at radius 1 is 1.00 bits per heavy atom. The Balaban J connectivity index is 2.07. The van der Waals surface area contributed by atoms with E-state index in [4.69, 9.17) is 14.6 Å². The predicted octanol–water partition coefficient (Wildman–Crippen LogP) is -5.14. The van der Waals surface area contributed by atoms with Crippen molar-refractivity contribution in [2.75, 3.05) is 13.2 Å². The fourth-order valence-corrected chi connectivity index (χ4v) is 3.03. The van der Waals surface area contributed by atoms with Crippen LogP contribution in [-0.4, -0.2) is 120 Å². The van der Waals surface area contributed by atoms with Crippen LogP contribution in [0.4, 0.5) is 0 Å². The molecule has 2 heterocycles. The number of esters is 1. The maximum Gasteiger partial charge on any atom is 0.317 e. The molecule has 1 radical (unpaired) electrons. The summed E-state index contributed by atoms with van der Waals surface area (Å²) in [6.07, 6.45) is -14.9. The third-order valence-electron chi connectivity index (χ3n) is 4.66. The smallest absolute Gasteiger partial charge is 0.317 e. The molecule has 2 fully saturated rings. The first-order chi connectivity index (χ1) is 13.0. The van der Waals surface area contributed by atoms with Gasteiger partial charge in [-0.15, -0.1) is 0 Å². The molecule has 2 saturated heterocycles. The molecule has 0 aromatic heterocycles. The molecule has 2 rings (SSSR count). The molecule has 0 aromatic rings. The predicted molar refractivity (Wildman–Crippen MR) is 83.1 cm³/mol. The molecule has 2 aliphatic rings. The number of hydrogen-bond acceptors (Lipinski definition) is 12. The van der Waals surface area contributed by atoms with Gasteiger partial charge in [-0.3, -0.25) is 9.59 Å². The number of carboxylic acid groups (broad SMARTS) is 1. The molecule has 8 N–H and O–H groups in total. The van der Waals surface area contributed by atoms with Gasteiger partial charge >= 0.3 is 11.9 Å². The third-order valence-corrected chi connectivity index (χ3v) is 4.66. The van der Waals surface area contributed by atoms with Gasteiger partial charge in [0, 0.05) is 0 Å². The van der Waals surface area contributed by atoms with Gasteiger partial charge in [0.1, 0.15) is 68.5 Å². The summed E-state index contributed by atoms with van der Waals surface area (Å²) >= 11 is 0. The Morgan fingerprint density at radius 3 is 2.21 bits per heavy atom. The monoisotopic (exact) mass is 411 g/mol. The van der Waals surface area contributed by atoms with Gasteiger partial charge in [-0.2, -0.15) is 0 Å². The number of carbonyl (C=O) groups excluding carboxylic acids is 1. The van der Waals surface area contributed by atoms with Gasteiger partial charge in [-0.1, -0.05) is 0 Å². The summed E-state index contributed by atoms with van der Waals surface area (Å²) < 4.78 is 14.8. The number of rotatable bonds is 6. The maximum atomic E-state index is 11.2. The lowest BCUT2D eigenvalue weighted by molar-refractivity contribution is -0.309. The van der Waals surface area contributed by atoms with Crippen LogP contribution in [0.5, 0.6) is 0 Å². The summed E-state index contributed by atoms with van der Waals surface area (Å²) in [6, 6.07) is 0. The van der Waals surface area contributed by atoms with E-state index in [9.17, 15) is 45.3 Å². The molecule has 9 atom stereocenters. The molecule has 2 aliphatic heterocycles. The highest BCUT2D eigenvalue weighted by atomic mass is 16.6. The van der Waals surface area contributed by atoms with E-state index in [1.54, 1.807) is 0 Å². The molecule has 0 spiro atoms. The molecule has 0 aromatic carbocycles. The second-order valence-corrected chi connectivity index (χ2v) is 6.62. The van der Waals surface area contributed by atoms with Crippen molar-refractivity contribution in [1.29, 1.82) is 0 Å². The molecular formula is C15H23O13. The minimum atomic E-state index is -2.57. The van der Waals surface area contributed by atoms with E-state index >= 15 is 0 Å². The van der Waals surface area contributed by atoms with Gasteiger partial charge in [-0.25, -0.2) is 0 Å². The number of carbonyl (C=O) groups is 2. The average molecular weight is 411 g/mol. The minimum absolute atomic E-state index is 0.604. The van der Waals surface area contributed by atoms with Crippen LogP contribution in [-0.2, 0) is 23.8 Å². The fraction of sp³-hybridized carbons (Fsp3) is 0.800. The van der Waals surface area contributed by atoms with Crippen molar-refractivity contribution in [3.8, 4) is 0 Å². The zero-order valence-electron chi connectivity index (χ0n) is 14.4.